The molecule has 0 radical (unpaired) electrons. The van der Waals surface area contributed by atoms with E-state index in [9.17, 15) is 9.59 Å². The second kappa shape index (κ2) is 6.83. The van der Waals surface area contributed by atoms with Gasteiger partial charge < -0.3 is 15.4 Å². The topological polar surface area (TPSA) is 58.2 Å². The van der Waals surface area contributed by atoms with Crippen LogP contribution in [0.4, 0.5) is 0 Å². The summed E-state index contributed by atoms with van der Waals surface area (Å²) in [5, 5.41) is 5.72. The number of hydrogen-bond acceptors (Lipinski definition) is 2. The molecule has 5 heteroatoms. The molecule has 0 saturated heterocycles. The van der Waals surface area contributed by atoms with Gasteiger partial charge in [0.05, 0.1) is 0 Å². The fourth-order valence-corrected chi connectivity index (χ4v) is 1.63. The molecule has 0 atom stereocenters. The molecule has 0 saturated carbocycles. The van der Waals surface area contributed by atoms with Crippen molar-refractivity contribution in [3.8, 4) is 0 Å². The third-order valence-corrected chi connectivity index (χ3v) is 2.28. The summed E-state index contributed by atoms with van der Waals surface area (Å²) < 4.78 is 0. The maximum Gasteiger partial charge on any atom is 1.00 e. The molecule has 0 fully saturated rings. The molecule has 1 aromatic carbocycles. The van der Waals surface area contributed by atoms with Gasteiger partial charge in [-0.2, -0.15) is 12.1 Å². The summed E-state index contributed by atoms with van der Waals surface area (Å²) in [7, 11) is 0. The molecular formula is C15H23N2NaO2. The predicted molar refractivity (Wildman–Crippen MR) is 76.5 cm³/mol. The van der Waals surface area contributed by atoms with E-state index in [0.717, 1.165) is 0 Å². The second-order valence-corrected chi connectivity index (χ2v) is 6.76. The zero-order chi connectivity index (χ0) is 14.8. The van der Waals surface area contributed by atoms with E-state index in [1.54, 1.807) is 18.2 Å². The first-order valence-corrected chi connectivity index (χ1v) is 6.40. The van der Waals surface area contributed by atoms with Gasteiger partial charge in [-0.25, -0.2) is 0 Å². The van der Waals surface area contributed by atoms with Crippen molar-refractivity contribution in [3.05, 3.63) is 29.3 Å². The Bertz CT molecular complexity index is 436. The average molecular weight is 286 g/mol. The summed E-state index contributed by atoms with van der Waals surface area (Å²) in [5.74, 6) is -0.451. The quantitative estimate of drug-likeness (QED) is 0.567. The molecule has 0 bridgehead atoms. The van der Waals surface area contributed by atoms with E-state index in [1.807, 2.05) is 41.5 Å². The zero-order valence-electron chi connectivity index (χ0n) is 13.5. The van der Waals surface area contributed by atoms with Crippen LogP contribution in [0, 0.1) is 0 Å². The number of nitrogens with one attached hydrogen (secondary N) is 2. The molecule has 0 aliphatic carbocycles. The monoisotopic (exact) mass is 286 g/mol. The Kier molecular flexibility index (Phi) is 6.59. The summed E-state index contributed by atoms with van der Waals surface area (Å²) >= 11 is 0. The Labute approximate surface area is 143 Å². The second-order valence-electron chi connectivity index (χ2n) is 6.76. The van der Waals surface area contributed by atoms with Crippen LogP contribution in [-0.4, -0.2) is 22.9 Å². The van der Waals surface area contributed by atoms with Crippen molar-refractivity contribution >= 4 is 11.8 Å². The molecule has 1 aromatic rings. The van der Waals surface area contributed by atoms with E-state index in [-0.39, 0.29) is 52.4 Å². The van der Waals surface area contributed by atoms with E-state index >= 15 is 0 Å². The molecule has 0 unspecified atom stereocenters. The molecule has 1 rings (SSSR count). The average Bonchev–Trinajstić information content (AvgIpc) is 2.59. The Morgan fingerprint density at radius 2 is 1.50 bits per heavy atom. The minimum atomic E-state index is -0.327. The maximum absolute atomic E-state index is 12.1. The first-order valence-electron chi connectivity index (χ1n) is 6.40. The van der Waals surface area contributed by atoms with Gasteiger partial charge in [0.1, 0.15) is 0 Å². The number of carbonyl (C=O) groups excluding carboxylic acids is 2. The van der Waals surface area contributed by atoms with Crippen molar-refractivity contribution in [3.63, 3.8) is 0 Å². The van der Waals surface area contributed by atoms with Gasteiger partial charge in [0.25, 0.3) is 0 Å². The van der Waals surface area contributed by atoms with Crippen LogP contribution in [-0.2, 0) is 0 Å². The molecule has 0 aliphatic rings. The molecule has 20 heavy (non-hydrogen) atoms. The summed E-state index contributed by atoms with van der Waals surface area (Å²) in [6, 6.07) is 5.05. The zero-order valence-corrected chi connectivity index (χ0v) is 15.5. The van der Waals surface area contributed by atoms with Gasteiger partial charge in [-0.1, -0.05) is 5.56 Å². The van der Waals surface area contributed by atoms with Crippen molar-refractivity contribution in [2.75, 3.05) is 0 Å². The Morgan fingerprint density at radius 1 is 1.00 bits per heavy atom. The van der Waals surface area contributed by atoms with Crippen LogP contribution in [0.25, 0.3) is 0 Å². The SMILES string of the molecule is CC(C)(C)NC(=O)c1ccc[c-]1C(=O)NC(C)(C)C.[Na+]. The predicted octanol–water partition coefficient (Wildman–Crippen LogP) is -0.534. The van der Waals surface area contributed by atoms with Gasteiger partial charge in [0, 0.05) is 11.1 Å². The summed E-state index contributed by atoms with van der Waals surface area (Å²) in [4.78, 5) is 24.2. The Morgan fingerprint density at radius 3 is 1.95 bits per heavy atom. The number of hydrogen-bond donors (Lipinski definition) is 2. The van der Waals surface area contributed by atoms with Crippen molar-refractivity contribution < 1.29 is 39.1 Å². The van der Waals surface area contributed by atoms with E-state index in [2.05, 4.69) is 10.6 Å². The first-order chi connectivity index (χ1) is 8.49. The van der Waals surface area contributed by atoms with Crippen LogP contribution < -0.4 is 40.2 Å². The molecule has 2 N–H and O–H groups in total. The molecule has 0 heterocycles. The van der Waals surface area contributed by atoms with E-state index in [4.69, 9.17) is 0 Å². The van der Waals surface area contributed by atoms with Gasteiger partial charge in [0.15, 0.2) is 5.91 Å². The smallest absolute Gasteiger partial charge is 0.387 e. The molecule has 0 aliphatic heterocycles. The third kappa shape index (κ3) is 6.16. The van der Waals surface area contributed by atoms with Crippen LogP contribution >= 0.6 is 0 Å². The normalized spacial score (nSPS) is 11.5. The molecule has 4 nitrogen and oxygen atoms in total. The van der Waals surface area contributed by atoms with Crippen molar-refractivity contribution in [2.45, 2.75) is 52.6 Å². The molecule has 2 amide bonds. The fourth-order valence-electron chi connectivity index (χ4n) is 1.63. The van der Waals surface area contributed by atoms with Gasteiger partial charge >= 0.3 is 29.6 Å². The fraction of sp³-hybridized carbons (Fsp3) is 0.533. The minimum absolute atomic E-state index is 0. The van der Waals surface area contributed by atoms with Gasteiger partial charge in [0.2, 0.25) is 5.91 Å². The van der Waals surface area contributed by atoms with Crippen LogP contribution in [0.15, 0.2) is 18.2 Å². The van der Waals surface area contributed by atoms with Crippen LogP contribution in [0.2, 0.25) is 0 Å². The minimum Gasteiger partial charge on any atom is -0.387 e. The van der Waals surface area contributed by atoms with E-state index in [1.165, 1.54) is 0 Å². The number of rotatable bonds is 2. The molecule has 0 aromatic heterocycles. The van der Waals surface area contributed by atoms with Crippen LogP contribution in [0.5, 0.6) is 0 Å². The molecule has 106 valence electrons. The first kappa shape index (κ1) is 19.3. The van der Waals surface area contributed by atoms with Gasteiger partial charge in [-0.15, -0.1) is 6.07 Å². The Balaban J connectivity index is 0.00000361. The van der Waals surface area contributed by atoms with Crippen molar-refractivity contribution in [1.29, 1.82) is 0 Å². The van der Waals surface area contributed by atoms with Crippen LogP contribution in [0.3, 0.4) is 0 Å². The van der Waals surface area contributed by atoms with Gasteiger partial charge in [-0.05, 0) is 47.1 Å². The van der Waals surface area contributed by atoms with Gasteiger partial charge in [-0.3, -0.25) is 4.79 Å². The third-order valence-electron chi connectivity index (χ3n) is 2.28. The van der Waals surface area contributed by atoms with Crippen molar-refractivity contribution in [2.24, 2.45) is 0 Å². The van der Waals surface area contributed by atoms with E-state index < -0.39 is 0 Å². The molecular weight excluding hydrogens is 263 g/mol. The standard InChI is InChI=1S/C15H23N2O2.Na/c1-14(2,3)16-12(18)10-8-7-9-11(10)13(19)17-15(4,5)6;/h7-9H,1-6H3,(H,16,18)(H,17,19);/q-1;+1. The van der Waals surface area contributed by atoms with E-state index in [0.29, 0.717) is 11.1 Å². The summed E-state index contributed by atoms with van der Waals surface area (Å²) in [6.45, 7) is 11.4. The summed E-state index contributed by atoms with van der Waals surface area (Å²) in [6.07, 6.45) is 0. The Hall–Kier alpha value is -0.710. The maximum atomic E-state index is 12.1. The largest absolute Gasteiger partial charge is 1.00 e. The molecule has 0 spiro atoms. The summed E-state index contributed by atoms with van der Waals surface area (Å²) in [5.41, 5.74) is 0.173. The van der Waals surface area contributed by atoms with Crippen molar-refractivity contribution in [1.82, 2.24) is 10.6 Å². The number of carbonyl (C=O) groups is 2. The number of amides is 2. The van der Waals surface area contributed by atoms with Crippen LogP contribution in [0.1, 0.15) is 62.3 Å².